The molecule has 114 valence electrons. The number of aryl methyl sites for hydroxylation is 1. The van der Waals surface area contributed by atoms with Crippen molar-refractivity contribution in [3.05, 3.63) is 28.0 Å². The van der Waals surface area contributed by atoms with Crippen molar-refractivity contribution < 1.29 is 13.2 Å². The van der Waals surface area contributed by atoms with Crippen molar-refractivity contribution in [2.45, 2.75) is 19.6 Å². The van der Waals surface area contributed by atoms with E-state index in [9.17, 15) is 13.2 Å². The first-order valence-electron chi connectivity index (χ1n) is 6.06. The van der Waals surface area contributed by atoms with Crippen LogP contribution < -0.4 is 10.2 Å². The van der Waals surface area contributed by atoms with E-state index < -0.39 is 12.0 Å². The standard InChI is InChI=1S/C12H14F3N5S/c1-7-17-8(6-21-7)5-20(3)10-4-9(16-2)18-11(19-10)12(13,14)15/h4,6H,5H2,1-3H3,(H,16,18,19). The molecule has 2 aromatic heterocycles. The van der Waals surface area contributed by atoms with Crippen molar-refractivity contribution in [2.24, 2.45) is 0 Å². The van der Waals surface area contributed by atoms with Gasteiger partial charge < -0.3 is 10.2 Å². The van der Waals surface area contributed by atoms with E-state index in [1.807, 2.05) is 12.3 Å². The molecule has 5 nitrogen and oxygen atoms in total. The summed E-state index contributed by atoms with van der Waals surface area (Å²) in [5, 5.41) is 5.39. The summed E-state index contributed by atoms with van der Waals surface area (Å²) in [6.07, 6.45) is -4.58. The van der Waals surface area contributed by atoms with Gasteiger partial charge in [0.25, 0.3) is 0 Å². The number of rotatable bonds is 4. The highest BCUT2D eigenvalue weighted by molar-refractivity contribution is 7.09. The van der Waals surface area contributed by atoms with Gasteiger partial charge in [-0.1, -0.05) is 0 Å². The van der Waals surface area contributed by atoms with Gasteiger partial charge in [-0.2, -0.15) is 13.2 Å². The van der Waals surface area contributed by atoms with E-state index in [4.69, 9.17) is 0 Å². The van der Waals surface area contributed by atoms with Crippen LogP contribution in [0.2, 0.25) is 0 Å². The number of nitrogens with one attached hydrogen (secondary N) is 1. The lowest BCUT2D eigenvalue weighted by Gasteiger charge is -2.19. The highest BCUT2D eigenvalue weighted by atomic mass is 32.1. The van der Waals surface area contributed by atoms with Gasteiger partial charge in [0, 0.05) is 25.5 Å². The van der Waals surface area contributed by atoms with Crippen LogP contribution in [-0.4, -0.2) is 29.0 Å². The summed E-state index contributed by atoms with van der Waals surface area (Å²) in [6, 6.07) is 1.47. The maximum Gasteiger partial charge on any atom is 0.451 e. The first-order chi connectivity index (χ1) is 9.79. The quantitative estimate of drug-likeness (QED) is 0.939. The van der Waals surface area contributed by atoms with Gasteiger partial charge in [0.1, 0.15) is 11.6 Å². The van der Waals surface area contributed by atoms with Crippen LogP contribution >= 0.6 is 11.3 Å². The number of nitrogens with zero attached hydrogens (tertiary/aromatic N) is 4. The molecular weight excluding hydrogens is 303 g/mol. The Morgan fingerprint density at radius 2 is 2.00 bits per heavy atom. The molecule has 0 atom stereocenters. The number of anilines is 2. The van der Waals surface area contributed by atoms with E-state index >= 15 is 0 Å². The van der Waals surface area contributed by atoms with E-state index in [0.717, 1.165) is 10.7 Å². The molecule has 0 fully saturated rings. The lowest BCUT2D eigenvalue weighted by molar-refractivity contribution is -0.144. The van der Waals surface area contributed by atoms with Crippen molar-refractivity contribution in [3.63, 3.8) is 0 Å². The molecule has 2 aromatic rings. The molecule has 0 unspecified atom stereocenters. The predicted octanol–water partition coefficient (Wildman–Crippen LogP) is 2.94. The topological polar surface area (TPSA) is 53.9 Å². The van der Waals surface area contributed by atoms with Crippen LogP contribution in [0.25, 0.3) is 0 Å². The van der Waals surface area contributed by atoms with Crippen LogP contribution in [-0.2, 0) is 12.7 Å². The Morgan fingerprint density at radius 1 is 1.29 bits per heavy atom. The number of thiazole rings is 1. The van der Waals surface area contributed by atoms with Crippen LogP contribution in [0.15, 0.2) is 11.4 Å². The molecular formula is C12H14F3N5S. The molecule has 21 heavy (non-hydrogen) atoms. The van der Waals surface area contributed by atoms with Gasteiger partial charge in [-0.15, -0.1) is 11.3 Å². The number of hydrogen-bond acceptors (Lipinski definition) is 6. The minimum absolute atomic E-state index is 0.119. The maximum atomic E-state index is 12.8. The SMILES string of the molecule is CNc1cc(N(C)Cc2csc(C)n2)nc(C(F)(F)F)n1. The van der Waals surface area contributed by atoms with E-state index in [1.165, 1.54) is 24.5 Å². The number of hydrogen-bond donors (Lipinski definition) is 1. The summed E-state index contributed by atoms with van der Waals surface area (Å²) in [5.41, 5.74) is 0.790. The molecule has 0 aliphatic rings. The molecule has 0 aliphatic carbocycles. The van der Waals surface area contributed by atoms with Gasteiger partial charge in [-0.25, -0.2) is 15.0 Å². The zero-order valence-electron chi connectivity index (χ0n) is 11.7. The first kappa shape index (κ1) is 15.5. The molecule has 0 amide bonds. The zero-order valence-corrected chi connectivity index (χ0v) is 12.5. The van der Waals surface area contributed by atoms with E-state index in [2.05, 4.69) is 20.3 Å². The predicted molar refractivity (Wildman–Crippen MR) is 75.5 cm³/mol. The van der Waals surface area contributed by atoms with Crippen LogP contribution in [0.4, 0.5) is 24.8 Å². The smallest absolute Gasteiger partial charge is 0.373 e. The van der Waals surface area contributed by atoms with Gasteiger partial charge in [0.15, 0.2) is 0 Å². The Morgan fingerprint density at radius 3 is 2.52 bits per heavy atom. The normalized spacial score (nSPS) is 11.5. The minimum atomic E-state index is -4.58. The number of halogens is 3. The summed E-state index contributed by atoms with van der Waals surface area (Å²) >= 11 is 1.49. The second-order valence-electron chi connectivity index (χ2n) is 4.40. The van der Waals surface area contributed by atoms with Crippen LogP contribution in [0, 0.1) is 6.92 Å². The number of alkyl halides is 3. The average Bonchev–Trinajstić information content (AvgIpc) is 2.82. The van der Waals surface area contributed by atoms with Gasteiger partial charge in [-0.05, 0) is 6.92 Å². The maximum absolute atomic E-state index is 12.8. The summed E-state index contributed by atoms with van der Waals surface area (Å²) in [7, 11) is 3.17. The van der Waals surface area contributed by atoms with Gasteiger partial charge in [0.2, 0.25) is 5.82 Å². The second kappa shape index (κ2) is 5.84. The minimum Gasteiger partial charge on any atom is -0.373 e. The molecule has 0 spiro atoms. The third-order valence-corrected chi connectivity index (χ3v) is 3.50. The summed E-state index contributed by atoms with van der Waals surface area (Å²) < 4.78 is 38.4. The Labute approximate surface area is 123 Å². The van der Waals surface area contributed by atoms with Gasteiger partial charge in [0.05, 0.1) is 17.2 Å². The monoisotopic (exact) mass is 317 g/mol. The average molecular weight is 317 g/mol. The molecule has 0 radical (unpaired) electrons. The van der Waals surface area contributed by atoms with Crippen LogP contribution in [0.3, 0.4) is 0 Å². The van der Waals surface area contributed by atoms with Crippen LogP contribution in [0.5, 0.6) is 0 Å². The largest absolute Gasteiger partial charge is 0.451 e. The van der Waals surface area contributed by atoms with Gasteiger partial charge in [-0.3, -0.25) is 0 Å². The van der Waals surface area contributed by atoms with Crippen molar-refractivity contribution in [3.8, 4) is 0 Å². The third kappa shape index (κ3) is 3.81. The first-order valence-corrected chi connectivity index (χ1v) is 6.93. The molecule has 0 aliphatic heterocycles. The van der Waals surface area contributed by atoms with E-state index in [1.54, 1.807) is 11.9 Å². The van der Waals surface area contributed by atoms with Crippen molar-refractivity contribution in [2.75, 3.05) is 24.3 Å². The summed E-state index contributed by atoms with van der Waals surface area (Å²) in [6.45, 7) is 2.25. The molecule has 9 heteroatoms. The summed E-state index contributed by atoms with van der Waals surface area (Å²) in [5.74, 6) is -0.855. The molecule has 2 rings (SSSR count). The highest BCUT2D eigenvalue weighted by Gasteiger charge is 2.35. The summed E-state index contributed by atoms with van der Waals surface area (Å²) in [4.78, 5) is 12.9. The lowest BCUT2D eigenvalue weighted by atomic mass is 10.4. The molecule has 0 bridgehead atoms. The Bertz CT molecular complexity index is 626. The highest BCUT2D eigenvalue weighted by Crippen LogP contribution is 2.29. The molecule has 2 heterocycles. The molecule has 0 aromatic carbocycles. The fourth-order valence-corrected chi connectivity index (χ4v) is 2.29. The van der Waals surface area contributed by atoms with Gasteiger partial charge >= 0.3 is 6.18 Å². The Balaban J connectivity index is 2.29. The lowest BCUT2D eigenvalue weighted by Crippen LogP contribution is -2.21. The fourth-order valence-electron chi connectivity index (χ4n) is 1.69. The zero-order chi connectivity index (χ0) is 15.6. The second-order valence-corrected chi connectivity index (χ2v) is 5.46. The third-order valence-electron chi connectivity index (χ3n) is 2.68. The molecule has 0 saturated heterocycles. The number of aromatic nitrogens is 3. The van der Waals surface area contributed by atoms with E-state index in [0.29, 0.717) is 6.54 Å². The van der Waals surface area contributed by atoms with Crippen LogP contribution in [0.1, 0.15) is 16.5 Å². The Kier molecular flexibility index (Phi) is 4.31. The van der Waals surface area contributed by atoms with Crippen molar-refractivity contribution in [1.82, 2.24) is 15.0 Å². The van der Waals surface area contributed by atoms with E-state index in [-0.39, 0.29) is 11.6 Å². The molecule has 0 saturated carbocycles. The Hall–Kier alpha value is -1.90. The molecule has 1 N–H and O–H groups in total. The van der Waals surface area contributed by atoms with Crippen molar-refractivity contribution >= 4 is 23.0 Å². The fraction of sp³-hybridized carbons (Fsp3) is 0.417. The van der Waals surface area contributed by atoms with Crippen molar-refractivity contribution in [1.29, 1.82) is 0 Å².